The summed E-state index contributed by atoms with van der Waals surface area (Å²) in [6.45, 7) is 8.17. The summed E-state index contributed by atoms with van der Waals surface area (Å²) in [5.41, 5.74) is 5.37. The molecule has 2 fully saturated rings. The van der Waals surface area contributed by atoms with Crippen LogP contribution >= 0.6 is 0 Å². The van der Waals surface area contributed by atoms with E-state index >= 15 is 0 Å². The molecule has 206 valence electrons. The van der Waals surface area contributed by atoms with Gasteiger partial charge in [0.1, 0.15) is 23.1 Å². The molecule has 1 aromatic heterocycles. The Balaban J connectivity index is 1.36. The standard InChI is InChI=1S/C27H34F3N5O3/c1-14(2)37-20-7-5-19(18-6-8-22(27(28,29)30)33-23(18)20)26-34-24(21(13-31)38-26)25(36)32-17-11-16(12-17)15(3)35-9-4-10-35/h5-8,14-17,21,24H,4,9-13,31H2,1-3H3,(H,32,36). The summed E-state index contributed by atoms with van der Waals surface area (Å²) in [4.78, 5) is 24.0. The van der Waals surface area contributed by atoms with Crippen LogP contribution < -0.4 is 15.8 Å². The summed E-state index contributed by atoms with van der Waals surface area (Å²) >= 11 is 0. The topological polar surface area (TPSA) is 102 Å². The number of carbonyl (C=O) groups is 1. The molecule has 0 spiro atoms. The molecule has 1 amide bonds. The highest BCUT2D eigenvalue weighted by atomic mass is 19.4. The van der Waals surface area contributed by atoms with E-state index in [2.05, 4.69) is 27.1 Å². The Morgan fingerprint density at radius 3 is 2.55 bits per heavy atom. The van der Waals surface area contributed by atoms with Gasteiger partial charge in [0.15, 0.2) is 6.04 Å². The van der Waals surface area contributed by atoms with Gasteiger partial charge in [0.2, 0.25) is 11.8 Å². The number of carbonyl (C=O) groups excluding carboxylic acids is 1. The molecule has 3 heterocycles. The molecule has 3 unspecified atom stereocenters. The lowest BCUT2D eigenvalue weighted by Crippen LogP contribution is -2.56. The fourth-order valence-electron chi connectivity index (χ4n) is 5.38. The molecule has 38 heavy (non-hydrogen) atoms. The molecule has 5 rings (SSSR count). The number of alkyl halides is 3. The molecular weight excluding hydrogens is 499 g/mol. The number of nitrogens with two attached hydrogens (primary N) is 1. The van der Waals surface area contributed by atoms with Crippen LogP contribution in [-0.2, 0) is 15.7 Å². The molecule has 3 aliphatic rings. The Labute approximate surface area is 219 Å². The second-order valence-corrected chi connectivity index (χ2v) is 10.7. The van der Waals surface area contributed by atoms with Gasteiger partial charge in [-0.25, -0.2) is 9.98 Å². The van der Waals surface area contributed by atoms with E-state index in [1.54, 1.807) is 26.0 Å². The van der Waals surface area contributed by atoms with Crippen molar-refractivity contribution in [2.75, 3.05) is 19.6 Å². The van der Waals surface area contributed by atoms with Gasteiger partial charge in [0, 0.05) is 29.6 Å². The monoisotopic (exact) mass is 533 g/mol. The third kappa shape index (κ3) is 5.18. The molecule has 1 saturated heterocycles. The van der Waals surface area contributed by atoms with Crippen molar-refractivity contribution in [1.82, 2.24) is 15.2 Å². The quantitative estimate of drug-likeness (QED) is 0.539. The van der Waals surface area contributed by atoms with Crippen LogP contribution in [-0.4, -0.2) is 71.7 Å². The second-order valence-electron chi connectivity index (χ2n) is 10.7. The number of aromatic nitrogens is 1. The van der Waals surface area contributed by atoms with Gasteiger partial charge < -0.3 is 25.4 Å². The predicted octanol–water partition coefficient (Wildman–Crippen LogP) is 3.50. The van der Waals surface area contributed by atoms with E-state index < -0.39 is 24.0 Å². The number of nitrogens with zero attached hydrogens (tertiary/aromatic N) is 3. The number of halogens is 3. The van der Waals surface area contributed by atoms with Crippen molar-refractivity contribution in [3.8, 4) is 5.75 Å². The van der Waals surface area contributed by atoms with E-state index in [1.807, 2.05) is 0 Å². The number of benzene rings is 1. The summed E-state index contributed by atoms with van der Waals surface area (Å²) in [5, 5.41) is 3.47. The van der Waals surface area contributed by atoms with Crippen molar-refractivity contribution in [3.63, 3.8) is 0 Å². The zero-order valence-corrected chi connectivity index (χ0v) is 21.8. The van der Waals surface area contributed by atoms with Gasteiger partial charge in [0.25, 0.3) is 0 Å². The molecule has 1 saturated carbocycles. The van der Waals surface area contributed by atoms with Crippen molar-refractivity contribution < 1.29 is 27.4 Å². The van der Waals surface area contributed by atoms with Crippen LogP contribution in [0.25, 0.3) is 10.9 Å². The number of ether oxygens (including phenoxy) is 2. The second kappa shape index (κ2) is 10.3. The lowest BCUT2D eigenvalue weighted by Gasteiger charge is -2.47. The maximum absolute atomic E-state index is 13.4. The molecule has 2 aromatic rings. The minimum absolute atomic E-state index is 0.0476. The van der Waals surface area contributed by atoms with Gasteiger partial charge in [0.05, 0.1) is 6.10 Å². The lowest BCUT2D eigenvalue weighted by atomic mass is 9.75. The average molecular weight is 534 g/mol. The summed E-state index contributed by atoms with van der Waals surface area (Å²) < 4.78 is 51.9. The first-order valence-electron chi connectivity index (χ1n) is 13.2. The normalized spacial score (nSPS) is 26.4. The van der Waals surface area contributed by atoms with Crippen LogP contribution in [0.5, 0.6) is 5.75 Å². The number of pyridine rings is 1. The van der Waals surface area contributed by atoms with E-state index in [1.165, 1.54) is 12.5 Å². The Bertz CT molecular complexity index is 1220. The predicted molar refractivity (Wildman–Crippen MR) is 137 cm³/mol. The molecule has 0 bridgehead atoms. The zero-order chi connectivity index (χ0) is 27.2. The highest BCUT2D eigenvalue weighted by Gasteiger charge is 2.42. The van der Waals surface area contributed by atoms with Gasteiger partial charge in [-0.05, 0) is 83.3 Å². The van der Waals surface area contributed by atoms with E-state index in [4.69, 9.17) is 15.2 Å². The lowest BCUT2D eigenvalue weighted by molar-refractivity contribution is -0.141. The number of fused-ring (bicyclic) bond motifs is 1. The first-order chi connectivity index (χ1) is 18.0. The van der Waals surface area contributed by atoms with Crippen molar-refractivity contribution in [2.24, 2.45) is 16.6 Å². The fraction of sp³-hybridized carbons (Fsp3) is 0.593. The van der Waals surface area contributed by atoms with Crippen molar-refractivity contribution in [1.29, 1.82) is 0 Å². The third-order valence-corrected chi connectivity index (χ3v) is 7.75. The highest BCUT2D eigenvalue weighted by Crippen LogP contribution is 2.36. The van der Waals surface area contributed by atoms with Gasteiger partial charge in [-0.1, -0.05) is 0 Å². The van der Waals surface area contributed by atoms with Crippen LogP contribution in [0.4, 0.5) is 13.2 Å². The minimum atomic E-state index is -4.61. The summed E-state index contributed by atoms with van der Waals surface area (Å²) in [5.74, 6) is 0.690. The maximum Gasteiger partial charge on any atom is 0.433 e. The Morgan fingerprint density at radius 2 is 1.95 bits per heavy atom. The molecule has 8 nitrogen and oxygen atoms in total. The number of hydrogen-bond acceptors (Lipinski definition) is 7. The molecule has 1 aliphatic carbocycles. The van der Waals surface area contributed by atoms with E-state index in [9.17, 15) is 18.0 Å². The summed E-state index contributed by atoms with van der Waals surface area (Å²) in [6.07, 6.45) is -2.45. The van der Waals surface area contributed by atoms with Crippen molar-refractivity contribution in [2.45, 2.75) is 76.5 Å². The van der Waals surface area contributed by atoms with Gasteiger partial charge in [-0.15, -0.1) is 0 Å². The molecule has 3 N–H and O–H groups in total. The Morgan fingerprint density at radius 1 is 1.21 bits per heavy atom. The van der Waals surface area contributed by atoms with Crippen LogP contribution in [0.3, 0.4) is 0 Å². The van der Waals surface area contributed by atoms with E-state index in [-0.39, 0.29) is 41.8 Å². The van der Waals surface area contributed by atoms with Crippen molar-refractivity contribution in [3.05, 3.63) is 35.5 Å². The SMILES string of the molecule is CC(C)Oc1ccc(C2=NC(C(=O)NC3CC(C(C)N4CCC4)C3)C(CN)O2)c2ccc(C(F)(F)F)nc12. The first-order valence-corrected chi connectivity index (χ1v) is 13.2. The largest absolute Gasteiger partial charge is 0.489 e. The van der Waals surface area contributed by atoms with Gasteiger partial charge in [-0.2, -0.15) is 13.2 Å². The number of hydrogen-bond donors (Lipinski definition) is 2. The Kier molecular flexibility index (Phi) is 7.25. The van der Waals surface area contributed by atoms with Gasteiger partial charge >= 0.3 is 6.18 Å². The van der Waals surface area contributed by atoms with Crippen LogP contribution in [0.2, 0.25) is 0 Å². The van der Waals surface area contributed by atoms with E-state index in [0.29, 0.717) is 22.9 Å². The zero-order valence-electron chi connectivity index (χ0n) is 21.8. The molecule has 11 heteroatoms. The van der Waals surface area contributed by atoms with Crippen LogP contribution in [0.1, 0.15) is 51.3 Å². The summed E-state index contributed by atoms with van der Waals surface area (Å²) in [6, 6.07) is 5.23. The highest BCUT2D eigenvalue weighted by molar-refractivity contribution is 6.09. The number of amides is 1. The number of nitrogens with one attached hydrogen (secondary N) is 1. The number of aliphatic imine (C=N–C) groups is 1. The molecular formula is C27H34F3N5O3. The van der Waals surface area contributed by atoms with Crippen molar-refractivity contribution >= 4 is 22.7 Å². The Hall–Kier alpha value is -2.92. The minimum Gasteiger partial charge on any atom is -0.489 e. The molecule has 1 aromatic carbocycles. The average Bonchev–Trinajstić information content (AvgIpc) is 3.23. The number of rotatable bonds is 8. The molecule has 0 radical (unpaired) electrons. The molecule has 2 aliphatic heterocycles. The van der Waals surface area contributed by atoms with Gasteiger partial charge in [-0.3, -0.25) is 4.79 Å². The van der Waals surface area contributed by atoms with E-state index in [0.717, 1.165) is 32.0 Å². The molecule has 3 atom stereocenters. The fourth-order valence-corrected chi connectivity index (χ4v) is 5.38. The number of likely N-dealkylation sites (tertiary alicyclic amines) is 1. The maximum atomic E-state index is 13.4. The van der Waals surface area contributed by atoms with Crippen LogP contribution in [0.15, 0.2) is 29.3 Å². The smallest absolute Gasteiger partial charge is 0.433 e. The first kappa shape index (κ1) is 26.7. The third-order valence-electron chi connectivity index (χ3n) is 7.75. The van der Waals surface area contributed by atoms with Crippen LogP contribution in [0, 0.1) is 5.92 Å². The summed E-state index contributed by atoms with van der Waals surface area (Å²) in [7, 11) is 0.